The van der Waals surface area contributed by atoms with Crippen LogP contribution in [0.5, 0.6) is 5.75 Å². The molecule has 1 atom stereocenters. The Hall–Kier alpha value is -1.55. The summed E-state index contributed by atoms with van der Waals surface area (Å²) >= 11 is 0. The van der Waals surface area contributed by atoms with Crippen molar-refractivity contribution in [1.82, 2.24) is 5.32 Å². The lowest BCUT2D eigenvalue weighted by molar-refractivity contribution is -0.127. The van der Waals surface area contributed by atoms with Gasteiger partial charge in [-0.3, -0.25) is 4.79 Å². The van der Waals surface area contributed by atoms with E-state index in [4.69, 9.17) is 10.5 Å². The zero-order chi connectivity index (χ0) is 15.2. The van der Waals surface area contributed by atoms with Gasteiger partial charge in [-0.25, -0.2) is 0 Å². The lowest BCUT2D eigenvalue weighted by atomic mass is 9.94. The smallest absolute Gasteiger partial charge is 0.260 e. The molecule has 4 nitrogen and oxygen atoms in total. The van der Waals surface area contributed by atoms with Crippen molar-refractivity contribution in [2.45, 2.75) is 52.2 Å². The van der Waals surface area contributed by atoms with E-state index in [1.165, 1.54) is 0 Å². The van der Waals surface area contributed by atoms with E-state index < -0.39 is 6.10 Å². The second-order valence-electron chi connectivity index (χ2n) is 5.36. The number of nitrogens with one attached hydrogen (secondary N) is 1. The van der Waals surface area contributed by atoms with Crippen LogP contribution in [0.2, 0.25) is 0 Å². The maximum atomic E-state index is 12.0. The molecule has 1 aromatic carbocycles. The Morgan fingerprint density at radius 3 is 2.35 bits per heavy atom. The van der Waals surface area contributed by atoms with Crippen molar-refractivity contribution in [1.29, 1.82) is 0 Å². The quantitative estimate of drug-likeness (QED) is 0.805. The molecule has 0 bridgehead atoms. The molecule has 4 heteroatoms. The van der Waals surface area contributed by atoms with Crippen molar-refractivity contribution in [2.24, 2.45) is 5.73 Å². The van der Waals surface area contributed by atoms with Gasteiger partial charge in [-0.1, -0.05) is 31.5 Å². The first kappa shape index (κ1) is 16.5. The topological polar surface area (TPSA) is 64.3 Å². The van der Waals surface area contributed by atoms with Gasteiger partial charge in [0, 0.05) is 12.1 Å². The summed E-state index contributed by atoms with van der Waals surface area (Å²) in [5.41, 5.74) is 6.99. The van der Waals surface area contributed by atoms with Crippen LogP contribution >= 0.6 is 0 Å². The van der Waals surface area contributed by atoms with Gasteiger partial charge in [0.05, 0.1) is 0 Å². The molecule has 20 heavy (non-hydrogen) atoms. The number of carbonyl (C=O) groups is 1. The van der Waals surface area contributed by atoms with Gasteiger partial charge in [-0.15, -0.1) is 0 Å². The molecule has 0 aliphatic rings. The van der Waals surface area contributed by atoms with Gasteiger partial charge in [0.2, 0.25) is 0 Å². The van der Waals surface area contributed by atoms with Crippen LogP contribution in [0.15, 0.2) is 24.3 Å². The number of benzene rings is 1. The summed E-state index contributed by atoms with van der Waals surface area (Å²) in [6.07, 6.45) is 1.13. The fraction of sp³-hybridized carbons (Fsp3) is 0.562. The first-order valence-electron chi connectivity index (χ1n) is 7.20. The highest BCUT2D eigenvalue weighted by atomic mass is 16.5. The predicted octanol–water partition coefficient (Wildman–Crippen LogP) is 2.40. The summed E-state index contributed by atoms with van der Waals surface area (Å²) in [6.45, 7) is 8.28. The van der Waals surface area contributed by atoms with Gasteiger partial charge in [0.25, 0.3) is 5.91 Å². The monoisotopic (exact) mass is 278 g/mol. The summed E-state index contributed by atoms with van der Waals surface area (Å²) < 4.78 is 5.61. The molecule has 0 aliphatic heterocycles. The molecular weight excluding hydrogens is 252 g/mol. The molecule has 0 spiro atoms. The summed E-state index contributed by atoms with van der Waals surface area (Å²) in [5.74, 6) is 0.561. The van der Waals surface area contributed by atoms with Crippen LogP contribution in [-0.4, -0.2) is 24.1 Å². The molecule has 1 rings (SSSR count). The van der Waals surface area contributed by atoms with Crippen LogP contribution in [-0.2, 0) is 4.79 Å². The zero-order valence-corrected chi connectivity index (χ0v) is 12.9. The van der Waals surface area contributed by atoms with Crippen molar-refractivity contribution in [3.05, 3.63) is 29.8 Å². The number of hydrogen-bond donors (Lipinski definition) is 2. The SMILES string of the molecule is CCC(N)(CC)CNC(=O)C(C)Oc1ccc(C)cc1. The fourth-order valence-electron chi connectivity index (χ4n) is 1.78. The molecule has 1 unspecified atom stereocenters. The molecule has 0 heterocycles. The molecule has 0 radical (unpaired) electrons. The average Bonchev–Trinajstić information content (AvgIpc) is 2.46. The largest absolute Gasteiger partial charge is 0.481 e. The number of hydrogen-bond acceptors (Lipinski definition) is 3. The fourth-order valence-corrected chi connectivity index (χ4v) is 1.78. The first-order valence-corrected chi connectivity index (χ1v) is 7.20. The van der Waals surface area contributed by atoms with Gasteiger partial charge in [0.1, 0.15) is 5.75 Å². The number of carbonyl (C=O) groups excluding carboxylic acids is 1. The van der Waals surface area contributed by atoms with Crippen molar-refractivity contribution in [3.8, 4) is 5.75 Å². The summed E-state index contributed by atoms with van der Waals surface area (Å²) in [4.78, 5) is 12.0. The van der Waals surface area contributed by atoms with E-state index in [1.807, 2.05) is 45.0 Å². The van der Waals surface area contributed by atoms with Gasteiger partial charge in [0.15, 0.2) is 6.10 Å². The second kappa shape index (κ2) is 7.29. The van der Waals surface area contributed by atoms with Crippen LogP contribution in [0.4, 0.5) is 0 Å². The highest BCUT2D eigenvalue weighted by Gasteiger charge is 2.23. The Balaban J connectivity index is 2.49. The molecule has 1 aromatic rings. The van der Waals surface area contributed by atoms with Crippen LogP contribution < -0.4 is 15.8 Å². The third kappa shape index (κ3) is 4.85. The van der Waals surface area contributed by atoms with E-state index in [0.29, 0.717) is 12.3 Å². The first-order chi connectivity index (χ1) is 9.40. The standard InChI is InChI=1S/C16H26N2O2/c1-5-16(17,6-2)11-18-15(19)13(4)20-14-9-7-12(3)8-10-14/h7-10,13H,5-6,11,17H2,1-4H3,(H,18,19). The highest BCUT2D eigenvalue weighted by Crippen LogP contribution is 2.14. The van der Waals surface area contributed by atoms with E-state index in [9.17, 15) is 4.79 Å². The molecule has 112 valence electrons. The van der Waals surface area contributed by atoms with Gasteiger partial charge >= 0.3 is 0 Å². The minimum Gasteiger partial charge on any atom is -0.481 e. The lowest BCUT2D eigenvalue weighted by Crippen LogP contribution is -2.51. The lowest BCUT2D eigenvalue weighted by Gasteiger charge is -2.27. The van der Waals surface area contributed by atoms with Crippen LogP contribution in [0.3, 0.4) is 0 Å². The van der Waals surface area contributed by atoms with Crippen molar-refractivity contribution < 1.29 is 9.53 Å². The summed E-state index contributed by atoms with van der Waals surface area (Å²) in [6, 6.07) is 7.65. The number of nitrogens with two attached hydrogens (primary N) is 1. The van der Waals surface area contributed by atoms with E-state index in [1.54, 1.807) is 6.92 Å². The summed E-state index contributed by atoms with van der Waals surface area (Å²) in [5, 5.41) is 2.87. The zero-order valence-electron chi connectivity index (χ0n) is 12.9. The molecular formula is C16H26N2O2. The number of rotatable bonds is 7. The Morgan fingerprint density at radius 2 is 1.85 bits per heavy atom. The van der Waals surface area contributed by atoms with Crippen molar-refractivity contribution in [3.63, 3.8) is 0 Å². The van der Waals surface area contributed by atoms with E-state index in [2.05, 4.69) is 5.32 Å². The number of amides is 1. The van der Waals surface area contributed by atoms with Crippen molar-refractivity contribution >= 4 is 5.91 Å². The Bertz CT molecular complexity index is 425. The molecule has 0 aliphatic carbocycles. The third-order valence-corrected chi connectivity index (χ3v) is 3.73. The van der Waals surface area contributed by atoms with Gasteiger partial charge < -0.3 is 15.8 Å². The van der Waals surface area contributed by atoms with E-state index in [-0.39, 0.29) is 11.4 Å². The minimum absolute atomic E-state index is 0.137. The third-order valence-electron chi connectivity index (χ3n) is 3.73. The van der Waals surface area contributed by atoms with E-state index in [0.717, 1.165) is 18.4 Å². The van der Waals surface area contributed by atoms with Gasteiger partial charge in [-0.2, -0.15) is 0 Å². The van der Waals surface area contributed by atoms with Crippen molar-refractivity contribution in [2.75, 3.05) is 6.54 Å². The number of ether oxygens (including phenoxy) is 1. The molecule has 0 fully saturated rings. The molecule has 0 aromatic heterocycles. The average molecular weight is 278 g/mol. The molecule has 1 amide bonds. The van der Waals surface area contributed by atoms with E-state index >= 15 is 0 Å². The Morgan fingerprint density at radius 1 is 1.30 bits per heavy atom. The Kier molecular flexibility index (Phi) is 6.02. The minimum atomic E-state index is -0.532. The van der Waals surface area contributed by atoms with Gasteiger partial charge in [-0.05, 0) is 38.8 Å². The Labute approximate surface area is 121 Å². The second-order valence-corrected chi connectivity index (χ2v) is 5.36. The van der Waals surface area contributed by atoms with Crippen LogP contribution in [0, 0.1) is 6.92 Å². The predicted molar refractivity (Wildman–Crippen MR) is 81.8 cm³/mol. The van der Waals surface area contributed by atoms with Crippen LogP contribution in [0.25, 0.3) is 0 Å². The van der Waals surface area contributed by atoms with Crippen LogP contribution in [0.1, 0.15) is 39.2 Å². The molecule has 0 saturated carbocycles. The normalized spacial score (nSPS) is 12.8. The maximum absolute atomic E-state index is 12.0. The molecule has 0 saturated heterocycles. The summed E-state index contributed by atoms with van der Waals surface area (Å²) in [7, 11) is 0. The number of aryl methyl sites for hydroxylation is 1. The molecule has 3 N–H and O–H groups in total. The highest BCUT2D eigenvalue weighted by molar-refractivity contribution is 5.80. The maximum Gasteiger partial charge on any atom is 0.260 e.